The molecule has 0 saturated heterocycles. The molecule has 4 heteroatoms. The van der Waals surface area contributed by atoms with Crippen molar-refractivity contribution in [2.45, 2.75) is 59.0 Å². The van der Waals surface area contributed by atoms with E-state index in [-0.39, 0.29) is 56.4 Å². The molecule has 0 aromatic heterocycles. The summed E-state index contributed by atoms with van der Waals surface area (Å²) in [6.45, 7) is 14.0. The van der Waals surface area contributed by atoms with E-state index in [1.165, 1.54) is 33.4 Å². The van der Waals surface area contributed by atoms with Crippen LogP contribution >= 0.6 is 0 Å². The van der Waals surface area contributed by atoms with E-state index >= 15 is 0 Å². The zero-order chi connectivity index (χ0) is 16.1. The van der Waals surface area contributed by atoms with E-state index < -0.39 is 8.80 Å². The first kappa shape index (κ1) is 25.1. The molecule has 3 rings (SSSR count). The van der Waals surface area contributed by atoms with Gasteiger partial charge in [0.1, 0.15) is 0 Å². The summed E-state index contributed by atoms with van der Waals surface area (Å²) in [5.41, 5.74) is 8.89. The van der Waals surface area contributed by atoms with Gasteiger partial charge in [-0.05, 0) is 24.3 Å². The van der Waals surface area contributed by atoms with Crippen LogP contribution in [0, 0.1) is 6.08 Å². The molecule has 25 heavy (non-hydrogen) atoms. The molecule has 1 aromatic carbocycles. The Morgan fingerprint density at radius 2 is 1.72 bits per heavy atom. The van der Waals surface area contributed by atoms with Crippen LogP contribution in [-0.4, -0.2) is 8.80 Å². The Morgan fingerprint density at radius 3 is 2.28 bits per heavy atom. The first-order valence-electron chi connectivity index (χ1n) is 8.24. The van der Waals surface area contributed by atoms with Crippen LogP contribution in [0.5, 0.6) is 0 Å². The average Bonchev–Trinajstić information content (AvgIpc) is 3.00. The number of halogens is 2. The summed E-state index contributed by atoms with van der Waals surface area (Å²) in [7, 11) is -0.445. The fraction of sp³-hybridized carbons (Fsp3) is 0.429. The van der Waals surface area contributed by atoms with Crippen LogP contribution in [0.3, 0.4) is 0 Å². The molecular formula is C21H26Cl2SiZr. The van der Waals surface area contributed by atoms with Gasteiger partial charge in [0, 0.05) is 8.80 Å². The van der Waals surface area contributed by atoms with Gasteiger partial charge in [-0.2, -0.15) is 16.8 Å². The van der Waals surface area contributed by atoms with Crippen molar-refractivity contribution in [1.82, 2.24) is 0 Å². The van der Waals surface area contributed by atoms with E-state index in [4.69, 9.17) is 0 Å². The topological polar surface area (TPSA) is 0 Å². The van der Waals surface area contributed by atoms with Crippen LogP contribution in [0.2, 0.25) is 13.1 Å². The minimum Gasteiger partial charge on any atom is -1.00 e. The Kier molecular flexibility index (Phi) is 9.40. The standard InChI is InChI=1S/C21H26Si.2ClH.Zr/c1-14-10-15-12-16(21(2,3)4)13-19(18(15)11-14)17-8-7-9-20(17)22(5)6;;;/h9,11-13H,7,10H2,1-6H3;2*1H;/q-1;;;+3/p-2. The predicted octanol–water partition coefficient (Wildman–Crippen LogP) is -0.241. The molecule has 0 spiro atoms. The summed E-state index contributed by atoms with van der Waals surface area (Å²) in [5.74, 6) is 0. The zero-order valence-electron chi connectivity index (χ0n) is 16.0. The number of allylic oxidation sites excluding steroid dienone is 5. The molecule has 1 aromatic rings. The molecule has 0 heterocycles. The van der Waals surface area contributed by atoms with Gasteiger partial charge in [-0.3, -0.25) is 0 Å². The number of hydrogen-bond acceptors (Lipinski definition) is 0. The summed E-state index contributed by atoms with van der Waals surface area (Å²) < 4.78 is 0. The molecule has 2 radical (unpaired) electrons. The van der Waals surface area contributed by atoms with Gasteiger partial charge in [0.2, 0.25) is 0 Å². The maximum atomic E-state index is 3.65. The smallest absolute Gasteiger partial charge is 1.00 e. The van der Waals surface area contributed by atoms with E-state index in [1.54, 1.807) is 5.20 Å². The van der Waals surface area contributed by atoms with Crippen molar-refractivity contribution >= 4 is 20.4 Å². The average molecular weight is 469 g/mol. The third kappa shape index (κ3) is 5.10. The van der Waals surface area contributed by atoms with E-state index in [9.17, 15) is 0 Å². The van der Waals surface area contributed by atoms with Crippen molar-refractivity contribution in [3.05, 3.63) is 57.3 Å². The number of fused-ring (bicyclic) bond motifs is 1. The van der Waals surface area contributed by atoms with Crippen molar-refractivity contribution in [2.75, 3.05) is 0 Å². The largest absolute Gasteiger partial charge is 3.00 e. The molecule has 0 aliphatic heterocycles. The van der Waals surface area contributed by atoms with E-state index in [2.05, 4.69) is 71.1 Å². The van der Waals surface area contributed by atoms with Crippen LogP contribution in [-0.2, 0) is 38.0 Å². The fourth-order valence-corrected chi connectivity index (χ4v) is 4.65. The fourth-order valence-electron chi connectivity index (χ4n) is 3.41. The predicted molar refractivity (Wildman–Crippen MR) is 99.3 cm³/mol. The second kappa shape index (κ2) is 9.36. The number of benzene rings is 1. The van der Waals surface area contributed by atoms with E-state index in [1.807, 2.05) is 0 Å². The maximum Gasteiger partial charge on any atom is 3.00 e. The Balaban J connectivity index is 0.00000192. The summed E-state index contributed by atoms with van der Waals surface area (Å²) in [6.07, 6.45) is 10.5. The molecule has 132 valence electrons. The Morgan fingerprint density at radius 1 is 1.08 bits per heavy atom. The second-order valence-corrected chi connectivity index (χ2v) is 10.4. The molecule has 0 amide bonds. The van der Waals surface area contributed by atoms with Gasteiger partial charge in [0.15, 0.2) is 0 Å². The van der Waals surface area contributed by atoms with Gasteiger partial charge in [0.25, 0.3) is 0 Å². The van der Waals surface area contributed by atoms with Gasteiger partial charge in [-0.25, -0.2) is 0 Å². The Bertz CT molecular complexity index is 722. The van der Waals surface area contributed by atoms with Crippen molar-refractivity contribution < 1.29 is 51.0 Å². The normalized spacial score (nSPS) is 15.4. The number of hydrogen-bond donors (Lipinski definition) is 0. The first-order chi connectivity index (χ1) is 10.3. The van der Waals surface area contributed by atoms with Crippen LogP contribution in [0.25, 0.3) is 11.6 Å². The van der Waals surface area contributed by atoms with Gasteiger partial charge in [-0.1, -0.05) is 69.1 Å². The molecule has 0 unspecified atom stereocenters. The van der Waals surface area contributed by atoms with Crippen LogP contribution in [0.1, 0.15) is 56.4 Å². The molecule has 0 bridgehead atoms. The van der Waals surface area contributed by atoms with Gasteiger partial charge >= 0.3 is 26.2 Å². The third-order valence-corrected chi connectivity index (χ3v) is 6.19. The Labute approximate surface area is 186 Å². The molecule has 2 aliphatic carbocycles. The Hall–Kier alpha value is 0.120. The summed E-state index contributed by atoms with van der Waals surface area (Å²) >= 11 is 0. The SMILES string of the molecule is CC1=Cc2c(cc(C(C)(C)C)cc2C2=[C-]CC=C2[Si](C)C)C1.[Cl-].[Cl-].[Zr+3]. The number of rotatable bonds is 2. The van der Waals surface area contributed by atoms with Crippen LogP contribution in [0.15, 0.2) is 29.0 Å². The van der Waals surface area contributed by atoms with E-state index in [0.29, 0.717) is 0 Å². The van der Waals surface area contributed by atoms with E-state index in [0.717, 1.165) is 12.8 Å². The first-order valence-corrected chi connectivity index (χ1v) is 10.7. The minimum atomic E-state index is -0.445. The van der Waals surface area contributed by atoms with Crippen LogP contribution in [0.4, 0.5) is 0 Å². The molecule has 0 nitrogen and oxygen atoms in total. The van der Waals surface area contributed by atoms with Crippen molar-refractivity contribution in [2.24, 2.45) is 0 Å². The molecule has 0 N–H and O–H groups in total. The zero-order valence-corrected chi connectivity index (χ0v) is 20.9. The van der Waals surface area contributed by atoms with Crippen molar-refractivity contribution in [3.63, 3.8) is 0 Å². The summed E-state index contributed by atoms with van der Waals surface area (Å²) in [6, 6.07) is 4.86. The van der Waals surface area contributed by atoms with Crippen molar-refractivity contribution in [3.8, 4) is 0 Å². The second-order valence-electron chi connectivity index (χ2n) is 7.89. The molecular weight excluding hydrogens is 442 g/mol. The molecule has 2 aliphatic rings. The summed E-state index contributed by atoms with van der Waals surface area (Å²) in [4.78, 5) is 0. The maximum absolute atomic E-state index is 3.65. The quantitative estimate of drug-likeness (QED) is 0.415. The van der Waals surface area contributed by atoms with Gasteiger partial charge in [-0.15, -0.1) is 17.7 Å². The monoisotopic (exact) mass is 466 g/mol. The molecule has 0 fully saturated rings. The third-order valence-electron chi connectivity index (χ3n) is 4.65. The van der Waals surface area contributed by atoms with Crippen molar-refractivity contribution in [1.29, 1.82) is 0 Å². The minimum absolute atomic E-state index is 0. The molecule has 0 saturated carbocycles. The molecule has 0 atom stereocenters. The summed E-state index contributed by atoms with van der Waals surface area (Å²) in [5, 5.41) is 1.57. The van der Waals surface area contributed by atoms with Gasteiger partial charge < -0.3 is 24.8 Å². The van der Waals surface area contributed by atoms with Crippen LogP contribution < -0.4 is 24.8 Å². The van der Waals surface area contributed by atoms with Gasteiger partial charge in [0.05, 0.1) is 0 Å².